The van der Waals surface area contributed by atoms with E-state index < -0.39 is 6.09 Å². The summed E-state index contributed by atoms with van der Waals surface area (Å²) >= 11 is 0. The number of carbonyl (C=O) groups is 2. The number of aromatic nitrogens is 3. The summed E-state index contributed by atoms with van der Waals surface area (Å²) in [6.07, 6.45) is 6.98. The van der Waals surface area contributed by atoms with Crippen molar-refractivity contribution >= 4 is 34.4 Å². The van der Waals surface area contributed by atoms with Gasteiger partial charge in [0.15, 0.2) is 0 Å². The summed E-state index contributed by atoms with van der Waals surface area (Å²) in [6.45, 7) is 5.10. The van der Waals surface area contributed by atoms with E-state index in [0.29, 0.717) is 47.8 Å². The number of nitrogens with one attached hydrogen (secondary N) is 2. The minimum atomic E-state index is -0.917. The second-order valence-corrected chi connectivity index (χ2v) is 11.7. The van der Waals surface area contributed by atoms with Gasteiger partial charge < -0.3 is 25.4 Å². The highest BCUT2D eigenvalue weighted by molar-refractivity contribution is 6.05. The number of piperidine rings is 1. The Labute approximate surface area is 250 Å². The van der Waals surface area contributed by atoms with Crippen LogP contribution in [0.1, 0.15) is 44.6 Å². The summed E-state index contributed by atoms with van der Waals surface area (Å²) in [5, 5.41) is 17.6. The molecule has 1 saturated heterocycles. The van der Waals surface area contributed by atoms with Crippen molar-refractivity contribution in [3.05, 3.63) is 66.5 Å². The highest BCUT2D eigenvalue weighted by Gasteiger charge is 2.28. The molecule has 1 aliphatic carbocycles. The van der Waals surface area contributed by atoms with Crippen LogP contribution in [-0.2, 0) is 4.79 Å². The second kappa shape index (κ2) is 12.2. The Morgan fingerprint density at radius 3 is 2.70 bits per heavy atom. The van der Waals surface area contributed by atoms with Crippen molar-refractivity contribution in [3.8, 4) is 22.9 Å². The summed E-state index contributed by atoms with van der Waals surface area (Å²) < 4.78 is 6.54. The largest absolute Gasteiger partial charge is 0.465 e. The molecule has 2 fully saturated rings. The fourth-order valence-electron chi connectivity index (χ4n) is 6.16. The van der Waals surface area contributed by atoms with Gasteiger partial charge in [-0.05, 0) is 74.8 Å². The van der Waals surface area contributed by atoms with E-state index in [0.717, 1.165) is 54.1 Å². The molecule has 3 heterocycles. The number of aryl methyl sites for hydroxylation is 1. The lowest BCUT2D eigenvalue weighted by Gasteiger charge is -2.31. The van der Waals surface area contributed by atoms with E-state index in [-0.39, 0.29) is 17.9 Å². The fourth-order valence-corrected chi connectivity index (χ4v) is 6.16. The van der Waals surface area contributed by atoms with E-state index in [1.807, 2.05) is 49.4 Å². The average molecular weight is 581 g/mol. The van der Waals surface area contributed by atoms with E-state index in [2.05, 4.69) is 27.5 Å². The lowest BCUT2D eigenvalue weighted by atomic mass is 10.0. The van der Waals surface area contributed by atoms with Crippen LogP contribution in [0.5, 0.6) is 11.6 Å². The molecule has 2 aromatic heterocycles. The third-order valence-corrected chi connectivity index (χ3v) is 8.46. The Hall–Kier alpha value is -4.73. The molecule has 2 aromatic carbocycles. The number of rotatable bonds is 7. The number of hydrogen-bond donors (Lipinski definition) is 3. The standard InChI is InChI=1S/C33H36N6O4/c1-20-10-12-22(18-20)30(40)37-27-9-3-7-25-24(27)13-11-21(2)29(25)43-31-26(8-4-15-34-31)28-14-16-35-32(38-28)36-23-6-5-17-39(19-23)33(41)42/h3-4,7-9,11,13-16,20,22-23H,5-6,10,12,17-19H2,1-2H3,(H,37,40)(H,41,42)(H,35,36,38). The average Bonchev–Trinajstić information content (AvgIpc) is 3.45. The predicted octanol–water partition coefficient (Wildman–Crippen LogP) is 6.72. The van der Waals surface area contributed by atoms with Crippen LogP contribution in [0.25, 0.3) is 22.0 Å². The van der Waals surface area contributed by atoms with Crippen molar-refractivity contribution in [1.82, 2.24) is 19.9 Å². The number of fused-ring (bicyclic) bond motifs is 1. The summed E-state index contributed by atoms with van der Waals surface area (Å²) in [7, 11) is 0. The Morgan fingerprint density at radius 1 is 1.00 bits per heavy atom. The molecule has 10 heteroatoms. The van der Waals surface area contributed by atoms with Gasteiger partial charge in [-0.25, -0.2) is 19.7 Å². The summed E-state index contributed by atoms with van der Waals surface area (Å²) in [5.41, 5.74) is 3.02. The quantitative estimate of drug-likeness (QED) is 0.220. The third kappa shape index (κ3) is 6.23. The lowest BCUT2D eigenvalue weighted by molar-refractivity contribution is -0.119. The van der Waals surface area contributed by atoms with Gasteiger partial charge in [-0.1, -0.05) is 31.2 Å². The summed E-state index contributed by atoms with van der Waals surface area (Å²) in [5.74, 6) is 2.17. The second-order valence-electron chi connectivity index (χ2n) is 11.7. The summed E-state index contributed by atoms with van der Waals surface area (Å²) in [6, 6.07) is 15.3. The number of amides is 2. The number of likely N-dealkylation sites (tertiary alicyclic amines) is 1. The highest BCUT2D eigenvalue weighted by Crippen LogP contribution is 2.39. The normalized spacial score (nSPS) is 20.1. The summed E-state index contributed by atoms with van der Waals surface area (Å²) in [4.78, 5) is 39.6. The van der Waals surface area contributed by atoms with E-state index in [1.54, 1.807) is 18.5 Å². The Kier molecular flexibility index (Phi) is 8.09. The molecule has 1 aliphatic heterocycles. The van der Waals surface area contributed by atoms with Gasteiger partial charge in [0.25, 0.3) is 0 Å². The van der Waals surface area contributed by atoms with Crippen LogP contribution >= 0.6 is 0 Å². The maximum Gasteiger partial charge on any atom is 0.407 e. The molecule has 10 nitrogen and oxygen atoms in total. The van der Waals surface area contributed by atoms with Gasteiger partial charge in [-0.2, -0.15) is 0 Å². The molecule has 3 N–H and O–H groups in total. The van der Waals surface area contributed by atoms with Crippen LogP contribution in [0.4, 0.5) is 16.4 Å². The zero-order valence-corrected chi connectivity index (χ0v) is 24.4. The van der Waals surface area contributed by atoms with E-state index in [1.165, 1.54) is 4.90 Å². The smallest absolute Gasteiger partial charge is 0.407 e. The van der Waals surface area contributed by atoms with Crippen LogP contribution in [0.15, 0.2) is 60.9 Å². The van der Waals surface area contributed by atoms with E-state index in [4.69, 9.17) is 9.72 Å². The maximum absolute atomic E-state index is 13.0. The predicted molar refractivity (Wildman–Crippen MR) is 165 cm³/mol. The minimum Gasteiger partial charge on any atom is -0.465 e. The van der Waals surface area contributed by atoms with E-state index in [9.17, 15) is 14.7 Å². The first-order valence-electron chi connectivity index (χ1n) is 14.9. The van der Waals surface area contributed by atoms with Crippen LogP contribution in [-0.4, -0.2) is 56.1 Å². The molecule has 222 valence electrons. The molecule has 4 aromatic rings. The Balaban J connectivity index is 1.27. The number of carbonyl (C=O) groups excluding carboxylic acids is 1. The number of anilines is 2. The SMILES string of the molecule is Cc1ccc2c(NC(=O)C3CCC(C)C3)cccc2c1Oc1ncccc1-c1ccnc(NC2CCCN(C(=O)O)C2)n1. The molecule has 2 aliphatic rings. The molecular weight excluding hydrogens is 544 g/mol. The number of benzene rings is 2. The van der Waals surface area contributed by atoms with Crippen molar-refractivity contribution in [1.29, 1.82) is 0 Å². The van der Waals surface area contributed by atoms with Crippen molar-refractivity contribution in [2.45, 2.75) is 52.0 Å². The van der Waals surface area contributed by atoms with Crippen molar-refractivity contribution < 1.29 is 19.4 Å². The van der Waals surface area contributed by atoms with Crippen LogP contribution in [0.2, 0.25) is 0 Å². The van der Waals surface area contributed by atoms with Gasteiger partial charge in [0.2, 0.25) is 17.7 Å². The molecule has 6 rings (SSSR count). The zero-order valence-electron chi connectivity index (χ0n) is 24.4. The van der Waals surface area contributed by atoms with Crippen LogP contribution in [0.3, 0.4) is 0 Å². The fraction of sp³-hybridized carbons (Fsp3) is 0.364. The minimum absolute atomic E-state index is 0.0453. The molecule has 0 bridgehead atoms. The highest BCUT2D eigenvalue weighted by atomic mass is 16.5. The van der Waals surface area contributed by atoms with Gasteiger partial charge in [0.1, 0.15) is 5.75 Å². The zero-order chi connectivity index (χ0) is 29.9. The van der Waals surface area contributed by atoms with Gasteiger partial charge in [0.05, 0.1) is 11.3 Å². The first-order chi connectivity index (χ1) is 20.9. The molecule has 2 amide bonds. The van der Waals surface area contributed by atoms with Crippen LogP contribution in [0, 0.1) is 18.8 Å². The molecule has 43 heavy (non-hydrogen) atoms. The van der Waals surface area contributed by atoms with Crippen molar-refractivity contribution in [3.63, 3.8) is 0 Å². The molecule has 3 unspecified atom stereocenters. The molecule has 0 radical (unpaired) electrons. The molecular formula is C33H36N6O4. The number of nitrogens with zero attached hydrogens (tertiary/aromatic N) is 4. The van der Waals surface area contributed by atoms with Crippen molar-refractivity contribution in [2.75, 3.05) is 23.7 Å². The number of hydrogen-bond acceptors (Lipinski definition) is 7. The van der Waals surface area contributed by atoms with Gasteiger partial charge in [0, 0.05) is 53.9 Å². The molecule has 3 atom stereocenters. The van der Waals surface area contributed by atoms with Gasteiger partial charge in [-0.15, -0.1) is 0 Å². The molecule has 1 saturated carbocycles. The lowest BCUT2D eigenvalue weighted by Crippen LogP contribution is -2.44. The van der Waals surface area contributed by atoms with Gasteiger partial charge >= 0.3 is 6.09 Å². The Bertz CT molecular complexity index is 1660. The van der Waals surface area contributed by atoms with E-state index >= 15 is 0 Å². The topological polar surface area (TPSA) is 130 Å². The first kappa shape index (κ1) is 28.4. The number of carboxylic acid groups (broad SMARTS) is 1. The third-order valence-electron chi connectivity index (χ3n) is 8.46. The van der Waals surface area contributed by atoms with Gasteiger partial charge in [-0.3, -0.25) is 4.79 Å². The number of pyridine rings is 1. The van der Waals surface area contributed by atoms with Crippen LogP contribution < -0.4 is 15.4 Å². The first-order valence-corrected chi connectivity index (χ1v) is 14.9. The number of ether oxygens (including phenoxy) is 1. The molecule has 0 spiro atoms. The monoisotopic (exact) mass is 580 g/mol. The maximum atomic E-state index is 13.0. The Morgan fingerprint density at radius 2 is 1.88 bits per heavy atom. The van der Waals surface area contributed by atoms with Crippen molar-refractivity contribution in [2.24, 2.45) is 11.8 Å².